The zero-order valence-electron chi connectivity index (χ0n) is 13.6. The second-order valence-electron chi connectivity index (χ2n) is 5.74. The summed E-state index contributed by atoms with van der Waals surface area (Å²) in [6.07, 6.45) is 3.55. The first-order chi connectivity index (χ1) is 11.7. The maximum atomic E-state index is 12.7. The summed E-state index contributed by atoms with van der Waals surface area (Å²) in [5.74, 6) is -0.193. The Hall–Kier alpha value is -2.27. The van der Waals surface area contributed by atoms with Crippen molar-refractivity contribution in [2.24, 2.45) is 0 Å². The van der Waals surface area contributed by atoms with Gasteiger partial charge in [-0.1, -0.05) is 24.3 Å². The maximum absolute atomic E-state index is 12.7. The lowest BCUT2D eigenvalue weighted by Crippen LogP contribution is -2.43. The van der Waals surface area contributed by atoms with E-state index in [-0.39, 0.29) is 11.8 Å². The molecule has 0 bridgehead atoms. The van der Waals surface area contributed by atoms with E-state index in [0.717, 1.165) is 17.0 Å². The van der Waals surface area contributed by atoms with E-state index in [4.69, 9.17) is 0 Å². The fourth-order valence-corrected chi connectivity index (χ4v) is 3.41. The van der Waals surface area contributed by atoms with Gasteiger partial charge >= 0.3 is 0 Å². The molecule has 0 unspecified atom stereocenters. The number of anilines is 1. The van der Waals surface area contributed by atoms with Crippen LogP contribution in [0.25, 0.3) is 0 Å². The molecule has 1 atom stereocenters. The Morgan fingerprint density at radius 1 is 1.12 bits per heavy atom. The number of carbonyl (C=O) groups is 2. The summed E-state index contributed by atoms with van der Waals surface area (Å²) in [5, 5.41) is 2.95. The van der Waals surface area contributed by atoms with Crippen molar-refractivity contribution >= 4 is 29.3 Å². The van der Waals surface area contributed by atoms with Gasteiger partial charge in [-0.3, -0.25) is 9.59 Å². The van der Waals surface area contributed by atoms with Gasteiger partial charge in [-0.05, 0) is 49.4 Å². The van der Waals surface area contributed by atoms with Gasteiger partial charge in [0.2, 0.25) is 5.91 Å². The van der Waals surface area contributed by atoms with Crippen LogP contribution in [0.1, 0.15) is 23.2 Å². The molecule has 0 aromatic heterocycles. The molecule has 0 radical (unpaired) electrons. The Morgan fingerprint density at radius 3 is 2.67 bits per heavy atom. The fourth-order valence-electron chi connectivity index (χ4n) is 2.96. The van der Waals surface area contributed by atoms with Crippen molar-refractivity contribution in [1.82, 2.24) is 4.90 Å². The molecule has 1 aliphatic heterocycles. The highest BCUT2D eigenvalue weighted by Crippen LogP contribution is 2.23. The molecule has 1 N–H and O–H groups in total. The molecule has 3 rings (SSSR count). The van der Waals surface area contributed by atoms with Crippen LogP contribution in [0.4, 0.5) is 5.69 Å². The monoisotopic (exact) mass is 340 g/mol. The molecule has 2 aromatic rings. The standard InChI is InChI=1S/C19H20N2O2S/c1-24-16-10-5-9-15(13-16)20-18(22)17-11-6-12-21(17)19(23)14-7-3-2-4-8-14/h2-5,7-10,13,17H,6,11-12H2,1H3,(H,20,22)/t17-/m1/s1. The molecule has 2 amide bonds. The molecular formula is C19H20N2O2S. The third kappa shape index (κ3) is 3.62. The summed E-state index contributed by atoms with van der Waals surface area (Å²) in [7, 11) is 0. The Morgan fingerprint density at radius 2 is 1.92 bits per heavy atom. The van der Waals surface area contributed by atoms with Crippen LogP contribution < -0.4 is 5.32 Å². The van der Waals surface area contributed by atoms with Crippen LogP contribution in [0.5, 0.6) is 0 Å². The molecule has 0 saturated carbocycles. The molecule has 1 saturated heterocycles. The molecular weight excluding hydrogens is 320 g/mol. The number of carbonyl (C=O) groups excluding carboxylic acids is 2. The highest BCUT2D eigenvalue weighted by Gasteiger charge is 2.34. The Labute approximate surface area is 146 Å². The number of likely N-dealkylation sites (tertiary alicyclic amines) is 1. The third-order valence-electron chi connectivity index (χ3n) is 4.17. The van der Waals surface area contributed by atoms with Crippen LogP contribution >= 0.6 is 11.8 Å². The van der Waals surface area contributed by atoms with Gasteiger partial charge in [-0.25, -0.2) is 0 Å². The van der Waals surface area contributed by atoms with Crippen LogP contribution in [0, 0.1) is 0 Å². The minimum Gasteiger partial charge on any atom is -0.327 e. The molecule has 0 spiro atoms. The van der Waals surface area contributed by atoms with Crippen LogP contribution in [-0.4, -0.2) is 35.6 Å². The number of amides is 2. The lowest BCUT2D eigenvalue weighted by molar-refractivity contribution is -0.119. The predicted molar refractivity (Wildman–Crippen MR) is 97.4 cm³/mol. The average Bonchev–Trinajstić information content (AvgIpc) is 3.12. The van der Waals surface area contributed by atoms with E-state index in [1.807, 2.05) is 48.7 Å². The molecule has 124 valence electrons. The number of nitrogens with one attached hydrogen (secondary N) is 1. The van der Waals surface area contributed by atoms with Crippen molar-refractivity contribution in [2.45, 2.75) is 23.8 Å². The van der Waals surface area contributed by atoms with Gasteiger partial charge in [-0.15, -0.1) is 11.8 Å². The van der Waals surface area contributed by atoms with E-state index in [1.54, 1.807) is 28.8 Å². The summed E-state index contributed by atoms with van der Waals surface area (Å²) in [6.45, 7) is 0.622. The predicted octanol–water partition coefficient (Wildman–Crippen LogP) is 3.65. The molecule has 1 fully saturated rings. The third-order valence-corrected chi connectivity index (χ3v) is 4.90. The van der Waals surface area contributed by atoms with E-state index < -0.39 is 6.04 Å². The number of rotatable bonds is 4. The quantitative estimate of drug-likeness (QED) is 0.864. The van der Waals surface area contributed by atoms with Gasteiger partial charge in [0.25, 0.3) is 5.91 Å². The lowest BCUT2D eigenvalue weighted by Gasteiger charge is -2.24. The first-order valence-corrected chi connectivity index (χ1v) is 9.22. The minimum absolute atomic E-state index is 0.0777. The van der Waals surface area contributed by atoms with Crippen molar-refractivity contribution < 1.29 is 9.59 Å². The van der Waals surface area contributed by atoms with Crippen molar-refractivity contribution in [1.29, 1.82) is 0 Å². The molecule has 24 heavy (non-hydrogen) atoms. The van der Waals surface area contributed by atoms with Gasteiger partial charge in [-0.2, -0.15) is 0 Å². The molecule has 2 aromatic carbocycles. The van der Waals surface area contributed by atoms with E-state index in [9.17, 15) is 9.59 Å². The average molecular weight is 340 g/mol. The summed E-state index contributed by atoms with van der Waals surface area (Å²) in [4.78, 5) is 28.1. The van der Waals surface area contributed by atoms with E-state index >= 15 is 0 Å². The SMILES string of the molecule is CSc1cccc(NC(=O)[C@H]2CCCN2C(=O)c2ccccc2)c1. The van der Waals surface area contributed by atoms with E-state index in [1.165, 1.54) is 0 Å². The number of nitrogens with zero attached hydrogens (tertiary/aromatic N) is 1. The van der Waals surface area contributed by atoms with Crippen molar-refractivity contribution in [3.8, 4) is 0 Å². The molecule has 5 heteroatoms. The first-order valence-electron chi connectivity index (χ1n) is 8.00. The van der Waals surface area contributed by atoms with Crippen molar-refractivity contribution in [3.63, 3.8) is 0 Å². The fraction of sp³-hybridized carbons (Fsp3) is 0.263. The summed E-state index contributed by atoms with van der Waals surface area (Å²) >= 11 is 1.63. The van der Waals surface area contributed by atoms with Gasteiger partial charge in [0, 0.05) is 22.7 Å². The maximum Gasteiger partial charge on any atom is 0.254 e. The molecule has 1 heterocycles. The molecule has 1 aliphatic rings. The Kier molecular flexibility index (Phi) is 5.20. The number of benzene rings is 2. The van der Waals surface area contributed by atoms with Crippen molar-refractivity contribution in [3.05, 3.63) is 60.2 Å². The highest BCUT2D eigenvalue weighted by atomic mass is 32.2. The molecule has 0 aliphatic carbocycles. The summed E-state index contributed by atoms with van der Waals surface area (Å²) < 4.78 is 0. The number of hydrogen-bond acceptors (Lipinski definition) is 3. The van der Waals surface area contributed by atoms with Crippen LogP contribution in [0.2, 0.25) is 0 Å². The number of hydrogen-bond donors (Lipinski definition) is 1. The zero-order chi connectivity index (χ0) is 16.9. The largest absolute Gasteiger partial charge is 0.327 e. The van der Waals surface area contributed by atoms with Gasteiger partial charge in [0.1, 0.15) is 6.04 Å². The first kappa shape index (κ1) is 16.6. The summed E-state index contributed by atoms with van der Waals surface area (Å²) in [6, 6.07) is 16.5. The molecule has 4 nitrogen and oxygen atoms in total. The van der Waals surface area contributed by atoms with Gasteiger partial charge in [0.15, 0.2) is 0 Å². The lowest BCUT2D eigenvalue weighted by atomic mass is 10.1. The van der Waals surface area contributed by atoms with Gasteiger partial charge < -0.3 is 10.2 Å². The zero-order valence-corrected chi connectivity index (χ0v) is 14.4. The van der Waals surface area contributed by atoms with Crippen LogP contribution in [0.15, 0.2) is 59.5 Å². The van der Waals surface area contributed by atoms with Gasteiger partial charge in [0.05, 0.1) is 0 Å². The highest BCUT2D eigenvalue weighted by molar-refractivity contribution is 7.98. The van der Waals surface area contributed by atoms with Crippen LogP contribution in [0.3, 0.4) is 0 Å². The van der Waals surface area contributed by atoms with E-state index in [0.29, 0.717) is 18.5 Å². The normalized spacial score (nSPS) is 16.9. The second-order valence-corrected chi connectivity index (χ2v) is 6.62. The Bertz CT molecular complexity index is 733. The minimum atomic E-state index is -0.407. The topological polar surface area (TPSA) is 49.4 Å². The van der Waals surface area contributed by atoms with E-state index in [2.05, 4.69) is 5.32 Å². The summed E-state index contributed by atoms with van der Waals surface area (Å²) in [5.41, 5.74) is 1.40. The second kappa shape index (κ2) is 7.53. The smallest absolute Gasteiger partial charge is 0.254 e. The Balaban J connectivity index is 1.72. The van der Waals surface area contributed by atoms with Crippen LogP contribution in [-0.2, 0) is 4.79 Å². The number of thioether (sulfide) groups is 1. The van der Waals surface area contributed by atoms with Crippen molar-refractivity contribution in [2.75, 3.05) is 18.1 Å².